The number of amides is 1. The molecular formula is C12H11NO3. The quantitative estimate of drug-likeness (QED) is 0.793. The van der Waals surface area contributed by atoms with Crippen LogP contribution in [0.15, 0.2) is 12.1 Å². The summed E-state index contributed by atoms with van der Waals surface area (Å²) in [5, 5.41) is 11.7. The highest BCUT2D eigenvalue weighted by Gasteiger charge is 2.31. The van der Waals surface area contributed by atoms with Gasteiger partial charge in [0.1, 0.15) is 0 Å². The molecule has 16 heavy (non-hydrogen) atoms. The average molecular weight is 217 g/mol. The van der Waals surface area contributed by atoms with E-state index in [4.69, 9.17) is 5.11 Å². The van der Waals surface area contributed by atoms with Crippen LogP contribution in [0.2, 0.25) is 0 Å². The fourth-order valence-electron chi connectivity index (χ4n) is 2.24. The van der Waals surface area contributed by atoms with Crippen molar-refractivity contribution in [1.82, 2.24) is 0 Å². The van der Waals surface area contributed by atoms with E-state index in [1.54, 1.807) is 12.1 Å². The second kappa shape index (κ2) is 3.07. The van der Waals surface area contributed by atoms with Gasteiger partial charge in [0.2, 0.25) is 5.91 Å². The van der Waals surface area contributed by atoms with E-state index in [2.05, 4.69) is 5.32 Å². The number of carbonyl (C=O) groups is 2. The van der Waals surface area contributed by atoms with Gasteiger partial charge in [-0.3, -0.25) is 4.79 Å². The maximum absolute atomic E-state index is 11.3. The van der Waals surface area contributed by atoms with Gasteiger partial charge in [0, 0.05) is 5.69 Å². The van der Waals surface area contributed by atoms with Crippen LogP contribution in [0.1, 0.15) is 40.2 Å². The Morgan fingerprint density at radius 3 is 2.75 bits per heavy atom. The van der Waals surface area contributed by atoms with Gasteiger partial charge < -0.3 is 10.4 Å². The molecule has 0 aromatic heterocycles. The molecule has 0 atom stereocenters. The number of carboxylic acids is 1. The van der Waals surface area contributed by atoms with Crippen LogP contribution >= 0.6 is 0 Å². The fourth-order valence-corrected chi connectivity index (χ4v) is 2.24. The Balaban J connectivity index is 2.15. The van der Waals surface area contributed by atoms with Crippen molar-refractivity contribution in [1.29, 1.82) is 0 Å². The van der Waals surface area contributed by atoms with Crippen LogP contribution < -0.4 is 5.32 Å². The minimum absolute atomic E-state index is 0.0422. The van der Waals surface area contributed by atoms with Crippen molar-refractivity contribution in [2.45, 2.75) is 25.2 Å². The molecule has 1 aliphatic carbocycles. The van der Waals surface area contributed by atoms with Crippen molar-refractivity contribution in [3.63, 3.8) is 0 Å². The number of carboxylic acid groups (broad SMARTS) is 1. The van der Waals surface area contributed by atoms with Gasteiger partial charge in [-0.05, 0) is 42.0 Å². The Morgan fingerprint density at radius 1 is 1.38 bits per heavy atom. The lowest BCUT2D eigenvalue weighted by Crippen LogP contribution is -2.04. The zero-order valence-corrected chi connectivity index (χ0v) is 8.62. The van der Waals surface area contributed by atoms with Crippen LogP contribution in [-0.2, 0) is 11.2 Å². The topological polar surface area (TPSA) is 66.4 Å². The van der Waals surface area contributed by atoms with E-state index in [-0.39, 0.29) is 11.5 Å². The first kappa shape index (κ1) is 9.39. The highest BCUT2D eigenvalue weighted by atomic mass is 16.4. The number of carbonyl (C=O) groups excluding carboxylic acids is 1. The van der Waals surface area contributed by atoms with Gasteiger partial charge in [0.25, 0.3) is 0 Å². The van der Waals surface area contributed by atoms with Crippen LogP contribution in [0.3, 0.4) is 0 Å². The summed E-state index contributed by atoms with van der Waals surface area (Å²) in [5.41, 5.74) is 3.00. The van der Waals surface area contributed by atoms with Gasteiger partial charge in [-0.2, -0.15) is 0 Å². The number of hydrogen-bond acceptors (Lipinski definition) is 2. The molecular weight excluding hydrogens is 206 g/mol. The Labute approximate surface area is 92.3 Å². The van der Waals surface area contributed by atoms with Crippen molar-refractivity contribution < 1.29 is 14.7 Å². The molecule has 1 heterocycles. The largest absolute Gasteiger partial charge is 0.478 e. The van der Waals surface area contributed by atoms with Gasteiger partial charge in [0.15, 0.2) is 0 Å². The zero-order chi connectivity index (χ0) is 11.3. The number of benzene rings is 1. The van der Waals surface area contributed by atoms with Gasteiger partial charge in [-0.15, -0.1) is 0 Å². The van der Waals surface area contributed by atoms with E-state index in [0.717, 1.165) is 24.0 Å². The minimum Gasteiger partial charge on any atom is -0.478 e. The summed E-state index contributed by atoms with van der Waals surface area (Å²) in [6.45, 7) is 0. The molecule has 0 spiro atoms. The summed E-state index contributed by atoms with van der Waals surface area (Å²) >= 11 is 0. The van der Waals surface area contributed by atoms with Crippen molar-refractivity contribution in [2.24, 2.45) is 0 Å². The number of anilines is 1. The van der Waals surface area contributed by atoms with Crippen LogP contribution in [-0.4, -0.2) is 17.0 Å². The third kappa shape index (κ3) is 1.38. The SMILES string of the molecule is O=C1Cc2c(cc(C(=O)O)cc2C2CC2)N1. The van der Waals surface area contributed by atoms with E-state index < -0.39 is 5.97 Å². The maximum Gasteiger partial charge on any atom is 0.335 e. The highest BCUT2D eigenvalue weighted by Crippen LogP contribution is 2.45. The number of rotatable bonds is 2. The van der Waals surface area contributed by atoms with Crippen LogP contribution in [0.4, 0.5) is 5.69 Å². The maximum atomic E-state index is 11.3. The molecule has 0 radical (unpaired) electrons. The summed E-state index contributed by atoms with van der Waals surface area (Å²) in [6, 6.07) is 3.27. The molecule has 82 valence electrons. The van der Waals surface area contributed by atoms with Crippen LogP contribution in [0.5, 0.6) is 0 Å². The predicted molar refractivity (Wildman–Crippen MR) is 57.7 cm³/mol. The van der Waals surface area contributed by atoms with Gasteiger partial charge in [0.05, 0.1) is 12.0 Å². The summed E-state index contributed by atoms with van der Waals surface area (Å²) in [7, 11) is 0. The first-order chi connectivity index (χ1) is 7.65. The van der Waals surface area contributed by atoms with E-state index in [0.29, 0.717) is 18.0 Å². The lowest BCUT2D eigenvalue weighted by molar-refractivity contribution is -0.115. The lowest BCUT2D eigenvalue weighted by atomic mass is 9.98. The zero-order valence-electron chi connectivity index (χ0n) is 8.62. The Bertz CT molecular complexity index is 503. The Hall–Kier alpha value is -1.84. The standard InChI is InChI=1S/C12H11NO3/c14-11-5-9-8(6-1-2-6)3-7(12(15)16)4-10(9)13-11/h3-4,6H,1-2,5H2,(H,13,14)(H,15,16). The molecule has 1 saturated carbocycles. The second-order valence-electron chi connectivity index (χ2n) is 4.40. The molecule has 3 rings (SSSR count). The molecule has 0 saturated heterocycles. The summed E-state index contributed by atoms with van der Waals surface area (Å²) in [4.78, 5) is 22.3. The molecule has 0 unspecified atom stereocenters. The molecule has 4 nitrogen and oxygen atoms in total. The third-order valence-electron chi connectivity index (χ3n) is 3.16. The van der Waals surface area contributed by atoms with Crippen molar-refractivity contribution in [3.05, 3.63) is 28.8 Å². The van der Waals surface area contributed by atoms with Crippen molar-refractivity contribution in [2.75, 3.05) is 5.32 Å². The van der Waals surface area contributed by atoms with Gasteiger partial charge in [-0.25, -0.2) is 4.79 Å². The Morgan fingerprint density at radius 2 is 2.12 bits per heavy atom. The van der Waals surface area contributed by atoms with E-state index in [9.17, 15) is 9.59 Å². The number of fused-ring (bicyclic) bond motifs is 1. The average Bonchev–Trinajstić information content (AvgIpc) is 2.98. The van der Waals surface area contributed by atoms with E-state index in [1.165, 1.54) is 0 Å². The molecule has 2 aliphatic rings. The van der Waals surface area contributed by atoms with Crippen LogP contribution in [0.25, 0.3) is 0 Å². The smallest absolute Gasteiger partial charge is 0.335 e. The van der Waals surface area contributed by atoms with Crippen molar-refractivity contribution >= 4 is 17.6 Å². The molecule has 0 bridgehead atoms. The van der Waals surface area contributed by atoms with E-state index in [1.807, 2.05) is 0 Å². The summed E-state index contributed by atoms with van der Waals surface area (Å²) < 4.78 is 0. The number of nitrogens with one attached hydrogen (secondary N) is 1. The molecule has 1 amide bonds. The van der Waals surface area contributed by atoms with Gasteiger partial charge in [-0.1, -0.05) is 0 Å². The number of hydrogen-bond donors (Lipinski definition) is 2. The second-order valence-corrected chi connectivity index (χ2v) is 4.40. The van der Waals surface area contributed by atoms with E-state index >= 15 is 0 Å². The molecule has 1 aromatic rings. The Kier molecular flexibility index (Phi) is 1.80. The molecule has 1 aliphatic heterocycles. The first-order valence-electron chi connectivity index (χ1n) is 5.35. The minimum atomic E-state index is -0.939. The first-order valence-corrected chi connectivity index (χ1v) is 5.35. The normalized spacial score (nSPS) is 18.1. The van der Waals surface area contributed by atoms with Crippen LogP contribution in [0, 0.1) is 0 Å². The molecule has 1 fully saturated rings. The summed E-state index contributed by atoms with van der Waals surface area (Å²) in [5.74, 6) is -0.522. The molecule has 4 heteroatoms. The third-order valence-corrected chi connectivity index (χ3v) is 3.16. The summed E-state index contributed by atoms with van der Waals surface area (Å²) in [6.07, 6.45) is 2.59. The lowest BCUT2D eigenvalue weighted by Gasteiger charge is -2.07. The number of aromatic carboxylic acids is 1. The predicted octanol–water partition coefficient (Wildman–Crippen LogP) is 1.76. The molecule has 1 aromatic carbocycles. The fraction of sp³-hybridized carbons (Fsp3) is 0.333. The van der Waals surface area contributed by atoms with Crippen molar-refractivity contribution in [3.8, 4) is 0 Å². The van der Waals surface area contributed by atoms with Gasteiger partial charge >= 0.3 is 5.97 Å². The molecule has 2 N–H and O–H groups in total. The highest BCUT2D eigenvalue weighted by molar-refractivity contribution is 6.01. The monoisotopic (exact) mass is 217 g/mol.